The Bertz CT molecular complexity index is 116. The fourth-order valence-electron chi connectivity index (χ4n) is 1.86. The second-order valence-corrected chi connectivity index (χ2v) is 3.68. The van der Waals surface area contributed by atoms with Crippen molar-refractivity contribution in [1.82, 2.24) is 4.90 Å². The third-order valence-corrected chi connectivity index (χ3v) is 2.82. The zero-order chi connectivity index (χ0) is 8.27. The normalized spacial score (nSPS) is 28.1. The molecule has 0 aromatic carbocycles. The van der Waals surface area contributed by atoms with Gasteiger partial charge in [0.2, 0.25) is 0 Å². The van der Waals surface area contributed by atoms with Gasteiger partial charge in [-0.3, -0.25) is 0 Å². The van der Waals surface area contributed by atoms with Gasteiger partial charge in [0.15, 0.2) is 0 Å². The summed E-state index contributed by atoms with van der Waals surface area (Å²) in [5, 5.41) is 8.64. The molecule has 11 heavy (non-hydrogen) atoms. The van der Waals surface area contributed by atoms with Gasteiger partial charge in [-0.15, -0.1) is 0 Å². The number of hydrogen-bond donors (Lipinski definition) is 1. The van der Waals surface area contributed by atoms with Gasteiger partial charge >= 0.3 is 0 Å². The van der Waals surface area contributed by atoms with Crippen LogP contribution in [0.1, 0.15) is 26.2 Å². The van der Waals surface area contributed by atoms with Crippen LogP contribution in [0.5, 0.6) is 0 Å². The SMILES string of the molecule is CC(CCCO)C1CCN1C. The molecule has 0 aromatic rings. The number of likely N-dealkylation sites (tertiary alicyclic amines) is 1. The first-order valence-electron chi connectivity index (χ1n) is 4.57. The molecule has 1 aliphatic rings. The van der Waals surface area contributed by atoms with Gasteiger partial charge in [0.1, 0.15) is 0 Å². The Morgan fingerprint density at radius 1 is 1.64 bits per heavy atom. The van der Waals surface area contributed by atoms with Crippen molar-refractivity contribution in [2.45, 2.75) is 32.2 Å². The van der Waals surface area contributed by atoms with Gasteiger partial charge < -0.3 is 10.0 Å². The van der Waals surface area contributed by atoms with E-state index in [1.165, 1.54) is 19.4 Å². The summed E-state index contributed by atoms with van der Waals surface area (Å²) in [5.74, 6) is 0.765. The molecule has 2 atom stereocenters. The molecule has 2 heteroatoms. The summed E-state index contributed by atoms with van der Waals surface area (Å²) < 4.78 is 0. The first kappa shape index (κ1) is 9.01. The number of aliphatic hydroxyl groups is 1. The van der Waals surface area contributed by atoms with Crippen LogP contribution in [0.4, 0.5) is 0 Å². The first-order chi connectivity index (χ1) is 5.25. The van der Waals surface area contributed by atoms with Crippen molar-refractivity contribution < 1.29 is 5.11 Å². The Morgan fingerprint density at radius 3 is 2.73 bits per heavy atom. The zero-order valence-corrected chi connectivity index (χ0v) is 7.58. The molecule has 1 saturated heterocycles. The molecular formula is C9H19NO. The second kappa shape index (κ2) is 4.07. The van der Waals surface area contributed by atoms with E-state index < -0.39 is 0 Å². The summed E-state index contributed by atoms with van der Waals surface area (Å²) in [6, 6.07) is 0.793. The van der Waals surface area contributed by atoms with Crippen LogP contribution in [0, 0.1) is 5.92 Å². The van der Waals surface area contributed by atoms with E-state index in [0.29, 0.717) is 6.61 Å². The third-order valence-electron chi connectivity index (χ3n) is 2.82. The summed E-state index contributed by atoms with van der Waals surface area (Å²) in [6.45, 7) is 3.89. The van der Waals surface area contributed by atoms with Gasteiger partial charge in [-0.05, 0) is 38.8 Å². The Kier molecular flexibility index (Phi) is 3.34. The molecule has 0 aliphatic carbocycles. The minimum absolute atomic E-state index is 0.348. The van der Waals surface area contributed by atoms with Gasteiger partial charge in [0.25, 0.3) is 0 Å². The van der Waals surface area contributed by atoms with Crippen LogP contribution in [0.2, 0.25) is 0 Å². The summed E-state index contributed by atoms with van der Waals surface area (Å²) in [6.07, 6.45) is 3.49. The quantitative estimate of drug-likeness (QED) is 0.660. The Balaban J connectivity index is 2.13. The van der Waals surface area contributed by atoms with Crippen LogP contribution < -0.4 is 0 Å². The smallest absolute Gasteiger partial charge is 0.0431 e. The van der Waals surface area contributed by atoms with Crippen molar-refractivity contribution in [3.05, 3.63) is 0 Å². The molecule has 0 radical (unpaired) electrons. The van der Waals surface area contributed by atoms with Gasteiger partial charge in [0.05, 0.1) is 0 Å². The number of aliphatic hydroxyl groups excluding tert-OH is 1. The van der Waals surface area contributed by atoms with Crippen LogP contribution in [-0.2, 0) is 0 Å². The molecule has 66 valence electrons. The molecule has 0 saturated carbocycles. The van der Waals surface area contributed by atoms with Crippen molar-refractivity contribution in [3.8, 4) is 0 Å². The lowest BCUT2D eigenvalue weighted by Gasteiger charge is -2.42. The van der Waals surface area contributed by atoms with E-state index in [-0.39, 0.29) is 0 Å². The molecular weight excluding hydrogens is 138 g/mol. The average Bonchev–Trinajstić information content (AvgIpc) is 1.98. The molecule has 0 spiro atoms. The summed E-state index contributed by atoms with van der Waals surface area (Å²) in [7, 11) is 2.18. The predicted octanol–water partition coefficient (Wildman–Crippen LogP) is 1.10. The third kappa shape index (κ3) is 2.17. The lowest BCUT2D eigenvalue weighted by molar-refractivity contribution is 0.0729. The van der Waals surface area contributed by atoms with E-state index in [1.807, 2.05) is 0 Å². The maximum atomic E-state index is 8.64. The molecule has 1 rings (SSSR count). The summed E-state index contributed by atoms with van der Waals surface area (Å²) in [4.78, 5) is 2.40. The van der Waals surface area contributed by atoms with Gasteiger partial charge in [-0.1, -0.05) is 6.92 Å². The van der Waals surface area contributed by atoms with Crippen molar-refractivity contribution in [2.75, 3.05) is 20.2 Å². The van der Waals surface area contributed by atoms with E-state index in [4.69, 9.17) is 5.11 Å². The molecule has 0 amide bonds. The summed E-state index contributed by atoms with van der Waals surface area (Å²) in [5.41, 5.74) is 0. The average molecular weight is 157 g/mol. The highest BCUT2D eigenvalue weighted by Gasteiger charge is 2.28. The van der Waals surface area contributed by atoms with Crippen LogP contribution >= 0.6 is 0 Å². The Labute approximate surface area is 69.2 Å². The first-order valence-corrected chi connectivity index (χ1v) is 4.57. The molecule has 1 fully saturated rings. The minimum Gasteiger partial charge on any atom is -0.396 e. The number of rotatable bonds is 4. The van der Waals surface area contributed by atoms with E-state index in [9.17, 15) is 0 Å². The molecule has 0 bridgehead atoms. The maximum Gasteiger partial charge on any atom is 0.0431 e. The van der Waals surface area contributed by atoms with E-state index in [1.54, 1.807) is 0 Å². The van der Waals surface area contributed by atoms with Crippen LogP contribution in [0.3, 0.4) is 0 Å². The fourth-order valence-corrected chi connectivity index (χ4v) is 1.86. The highest BCUT2D eigenvalue weighted by molar-refractivity contribution is 4.83. The van der Waals surface area contributed by atoms with Crippen molar-refractivity contribution in [1.29, 1.82) is 0 Å². The van der Waals surface area contributed by atoms with Crippen molar-refractivity contribution in [3.63, 3.8) is 0 Å². The van der Waals surface area contributed by atoms with E-state index >= 15 is 0 Å². The van der Waals surface area contributed by atoms with Crippen LogP contribution in [0.15, 0.2) is 0 Å². The predicted molar refractivity (Wildman–Crippen MR) is 46.5 cm³/mol. The lowest BCUT2D eigenvalue weighted by atomic mass is 9.88. The second-order valence-electron chi connectivity index (χ2n) is 3.68. The number of nitrogens with zero attached hydrogens (tertiary/aromatic N) is 1. The maximum absolute atomic E-state index is 8.64. The van der Waals surface area contributed by atoms with E-state index in [0.717, 1.165) is 18.4 Å². The fraction of sp³-hybridized carbons (Fsp3) is 1.00. The lowest BCUT2D eigenvalue weighted by Crippen LogP contribution is -2.48. The van der Waals surface area contributed by atoms with Gasteiger partial charge in [-0.25, -0.2) is 0 Å². The summed E-state index contributed by atoms with van der Waals surface area (Å²) >= 11 is 0. The Hall–Kier alpha value is -0.0800. The van der Waals surface area contributed by atoms with E-state index in [2.05, 4.69) is 18.9 Å². The Morgan fingerprint density at radius 2 is 2.36 bits per heavy atom. The van der Waals surface area contributed by atoms with Gasteiger partial charge in [-0.2, -0.15) is 0 Å². The molecule has 0 aromatic heterocycles. The molecule has 2 unspecified atom stereocenters. The van der Waals surface area contributed by atoms with Crippen LogP contribution in [0.25, 0.3) is 0 Å². The molecule has 2 nitrogen and oxygen atoms in total. The topological polar surface area (TPSA) is 23.5 Å². The highest BCUT2D eigenvalue weighted by Crippen LogP contribution is 2.25. The number of hydrogen-bond acceptors (Lipinski definition) is 2. The monoisotopic (exact) mass is 157 g/mol. The highest BCUT2D eigenvalue weighted by atomic mass is 16.2. The van der Waals surface area contributed by atoms with Crippen molar-refractivity contribution >= 4 is 0 Å². The minimum atomic E-state index is 0.348. The zero-order valence-electron chi connectivity index (χ0n) is 7.58. The van der Waals surface area contributed by atoms with Crippen LogP contribution in [-0.4, -0.2) is 36.2 Å². The van der Waals surface area contributed by atoms with Gasteiger partial charge in [0, 0.05) is 12.6 Å². The molecule has 1 N–H and O–H groups in total. The molecule has 1 aliphatic heterocycles. The molecule has 1 heterocycles. The largest absolute Gasteiger partial charge is 0.396 e. The standard InChI is InChI=1S/C9H19NO/c1-8(4-3-7-11)9-5-6-10(9)2/h8-9,11H,3-7H2,1-2H3. The van der Waals surface area contributed by atoms with Crippen molar-refractivity contribution in [2.24, 2.45) is 5.92 Å².